The summed E-state index contributed by atoms with van der Waals surface area (Å²) in [4.78, 5) is 24.2. The quantitative estimate of drug-likeness (QED) is 0.327. The Morgan fingerprint density at radius 2 is 1.26 bits per heavy atom. The van der Waals surface area contributed by atoms with Crippen LogP contribution >= 0.6 is 0 Å². The van der Waals surface area contributed by atoms with Crippen molar-refractivity contribution in [3.63, 3.8) is 0 Å². The molecule has 1 aliphatic rings. The van der Waals surface area contributed by atoms with Gasteiger partial charge in [0.05, 0.1) is 0 Å². The highest BCUT2D eigenvalue weighted by Gasteiger charge is 2.40. The monoisotopic (exact) mass is 398 g/mol. The number of azo groups is 1. The lowest BCUT2D eigenvalue weighted by Gasteiger charge is -2.34. The molecule has 0 atom stereocenters. The first-order chi connectivity index (χ1) is 12.6. The van der Waals surface area contributed by atoms with Gasteiger partial charge < -0.3 is 9.16 Å². The number of nitrogens with zero attached hydrogens (tertiary/aromatic N) is 2. The average molecular weight is 399 g/mol. The predicted molar refractivity (Wildman–Crippen MR) is 109 cm³/mol. The predicted octanol–water partition coefficient (Wildman–Crippen LogP) is 6.96. The van der Waals surface area contributed by atoms with Gasteiger partial charge in [-0.3, -0.25) is 0 Å². The van der Waals surface area contributed by atoms with Crippen LogP contribution < -0.4 is 0 Å². The maximum atomic E-state index is 12.3. The molecule has 0 radical (unpaired) electrons. The normalized spacial score (nSPS) is 16.5. The third-order valence-electron chi connectivity index (χ3n) is 4.68. The fourth-order valence-corrected chi connectivity index (χ4v) is 9.87. The molecule has 27 heavy (non-hydrogen) atoms. The second kappa shape index (κ2) is 11.6. The number of hydrogen-bond donors (Lipinski definition) is 0. The standard InChI is InChI=1S/C20H38N2O4Si/c1-15(2)12-27(13-16(3)4,14-17(5)6)26-20(24)22-21-19(23)25-18-10-8-7-9-11-18/h15-18H,7-14H2,1-6H3. The Morgan fingerprint density at radius 3 is 1.70 bits per heavy atom. The molecule has 0 unspecified atom stereocenters. The molecule has 0 aromatic rings. The van der Waals surface area contributed by atoms with Crippen molar-refractivity contribution in [3.8, 4) is 0 Å². The summed E-state index contributed by atoms with van der Waals surface area (Å²) in [5.74, 6) is 1.32. The van der Waals surface area contributed by atoms with Crippen molar-refractivity contribution in [2.45, 2.75) is 97.9 Å². The Bertz CT molecular complexity index is 474. The van der Waals surface area contributed by atoms with Crippen molar-refractivity contribution < 1.29 is 18.8 Å². The topological polar surface area (TPSA) is 77.3 Å². The summed E-state index contributed by atoms with van der Waals surface area (Å²) in [6.07, 6.45) is 3.38. The van der Waals surface area contributed by atoms with Crippen molar-refractivity contribution in [2.75, 3.05) is 0 Å². The smallest absolute Gasteiger partial charge is 0.452 e. The van der Waals surface area contributed by atoms with Gasteiger partial charge in [0, 0.05) is 0 Å². The van der Waals surface area contributed by atoms with Gasteiger partial charge in [-0.15, -0.1) is 0 Å². The molecule has 156 valence electrons. The maximum Gasteiger partial charge on any atom is 0.452 e. The molecule has 7 heteroatoms. The van der Waals surface area contributed by atoms with Crippen molar-refractivity contribution >= 4 is 20.5 Å². The first kappa shape index (κ1) is 23.8. The molecule has 0 heterocycles. The molecule has 0 aliphatic heterocycles. The van der Waals surface area contributed by atoms with Crippen LogP contribution in [0.4, 0.5) is 9.59 Å². The van der Waals surface area contributed by atoms with E-state index in [-0.39, 0.29) is 6.10 Å². The van der Waals surface area contributed by atoms with Crippen LogP contribution in [0.1, 0.15) is 73.6 Å². The Kier molecular flexibility index (Phi) is 10.2. The molecule has 1 saturated carbocycles. The van der Waals surface area contributed by atoms with Crippen molar-refractivity contribution in [1.29, 1.82) is 0 Å². The number of ether oxygens (including phenoxy) is 1. The second-order valence-electron chi connectivity index (χ2n) is 9.19. The molecule has 0 saturated heterocycles. The lowest BCUT2D eigenvalue weighted by atomic mass is 9.98. The molecular weight excluding hydrogens is 360 g/mol. The van der Waals surface area contributed by atoms with E-state index in [1.165, 1.54) is 6.42 Å². The summed E-state index contributed by atoms with van der Waals surface area (Å²) in [6.45, 7) is 12.9. The minimum absolute atomic E-state index is 0.0995. The van der Waals surface area contributed by atoms with Crippen LogP contribution in [0.3, 0.4) is 0 Å². The Hall–Kier alpha value is -1.24. The summed E-state index contributed by atoms with van der Waals surface area (Å²) in [7, 11) is -2.32. The van der Waals surface area contributed by atoms with Gasteiger partial charge in [0.1, 0.15) is 6.10 Å². The minimum atomic E-state index is -2.32. The number of hydrogen-bond acceptors (Lipinski definition) is 4. The zero-order valence-electron chi connectivity index (χ0n) is 18.0. The minimum Gasteiger partial charge on any atom is -0.501 e. The van der Waals surface area contributed by atoms with Crippen LogP contribution in [0.15, 0.2) is 10.2 Å². The van der Waals surface area contributed by atoms with Crippen LogP contribution in [0, 0.1) is 17.8 Å². The van der Waals surface area contributed by atoms with E-state index in [1.807, 2.05) is 0 Å². The van der Waals surface area contributed by atoms with Gasteiger partial charge in [-0.2, -0.15) is 0 Å². The lowest BCUT2D eigenvalue weighted by molar-refractivity contribution is 0.0816. The first-order valence-corrected chi connectivity index (χ1v) is 13.0. The largest absolute Gasteiger partial charge is 0.501 e. The summed E-state index contributed by atoms with van der Waals surface area (Å²) < 4.78 is 11.2. The molecule has 1 rings (SSSR count). The molecule has 1 fully saturated rings. The molecule has 0 spiro atoms. The molecule has 0 bridgehead atoms. The molecule has 0 aromatic carbocycles. The lowest BCUT2D eigenvalue weighted by Crippen LogP contribution is -2.43. The first-order valence-electron chi connectivity index (χ1n) is 10.5. The van der Waals surface area contributed by atoms with Gasteiger partial charge in [-0.05, 0) is 61.6 Å². The fourth-order valence-electron chi connectivity index (χ4n) is 4.24. The fraction of sp³-hybridized carbons (Fsp3) is 0.900. The summed E-state index contributed by atoms with van der Waals surface area (Å²) in [6, 6.07) is 2.70. The van der Waals surface area contributed by atoms with Gasteiger partial charge in [0.25, 0.3) is 8.32 Å². The van der Waals surface area contributed by atoms with Gasteiger partial charge >= 0.3 is 12.2 Å². The van der Waals surface area contributed by atoms with Crippen molar-refractivity contribution in [3.05, 3.63) is 0 Å². The van der Waals surface area contributed by atoms with Crippen LogP contribution in [0.25, 0.3) is 0 Å². The number of carbonyl (C=O) groups excluding carboxylic acids is 2. The molecule has 6 nitrogen and oxygen atoms in total. The zero-order valence-corrected chi connectivity index (χ0v) is 19.0. The van der Waals surface area contributed by atoms with E-state index in [4.69, 9.17) is 9.16 Å². The number of carbonyl (C=O) groups is 2. The Labute approximate surface area is 165 Å². The van der Waals surface area contributed by atoms with E-state index in [9.17, 15) is 9.59 Å². The molecule has 0 aromatic heterocycles. The Morgan fingerprint density at radius 1 is 0.815 bits per heavy atom. The van der Waals surface area contributed by atoms with Crippen LogP contribution in [-0.2, 0) is 9.16 Å². The van der Waals surface area contributed by atoms with Crippen molar-refractivity contribution in [1.82, 2.24) is 0 Å². The van der Waals surface area contributed by atoms with E-state index >= 15 is 0 Å². The van der Waals surface area contributed by atoms with Gasteiger partial charge in [-0.25, -0.2) is 9.59 Å². The molecule has 0 N–H and O–H groups in total. The SMILES string of the molecule is CC(C)C[Si](CC(C)C)(CC(C)C)OC(=O)N=NC(=O)OC1CCCCC1. The van der Waals surface area contributed by atoms with E-state index in [0.717, 1.165) is 43.8 Å². The Balaban J connectivity index is 2.73. The highest BCUT2D eigenvalue weighted by Crippen LogP contribution is 2.33. The van der Waals surface area contributed by atoms with Crippen LogP contribution in [0.5, 0.6) is 0 Å². The van der Waals surface area contributed by atoms with E-state index in [2.05, 4.69) is 51.8 Å². The van der Waals surface area contributed by atoms with Crippen molar-refractivity contribution in [2.24, 2.45) is 28.0 Å². The number of amides is 2. The maximum absolute atomic E-state index is 12.3. The third kappa shape index (κ3) is 10.0. The zero-order chi connectivity index (χ0) is 20.4. The van der Waals surface area contributed by atoms with E-state index < -0.39 is 20.5 Å². The van der Waals surface area contributed by atoms with Crippen LogP contribution in [0.2, 0.25) is 18.1 Å². The summed E-state index contributed by atoms with van der Waals surface area (Å²) in [5.41, 5.74) is 0. The third-order valence-corrected chi connectivity index (χ3v) is 9.97. The molecule has 2 amide bonds. The van der Waals surface area contributed by atoms with Gasteiger partial charge in [0.2, 0.25) is 0 Å². The second-order valence-corrected chi connectivity index (χ2v) is 13.0. The molecular formula is C20H38N2O4Si. The van der Waals surface area contributed by atoms with E-state index in [0.29, 0.717) is 17.8 Å². The number of rotatable bonds is 8. The summed E-state index contributed by atoms with van der Waals surface area (Å²) in [5, 5.41) is 6.97. The van der Waals surface area contributed by atoms with Crippen LogP contribution in [-0.4, -0.2) is 26.6 Å². The summed E-state index contributed by atoms with van der Waals surface area (Å²) >= 11 is 0. The van der Waals surface area contributed by atoms with E-state index in [1.54, 1.807) is 0 Å². The highest BCUT2D eigenvalue weighted by atomic mass is 28.4. The van der Waals surface area contributed by atoms with Gasteiger partial charge in [-0.1, -0.05) is 58.2 Å². The van der Waals surface area contributed by atoms with Gasteiger partial charge in [0.15, 0.2) is 0 Å². The highest BCUT2D eigenvalue weighted by molar-refractivity contribution is 6.75. The molecule has 1 aliphatic carbocycles. The average Bonchev–Trinajstić information content (AvgIpc) is 2.51.